The van der Waals surface area contributed by atoms with Gasteiger partial charge in [0.2, 0.25) is 0 Å². The number of hydrogen-bond donors (Lipinski definition) is 1. The third kappa shape index (κ3) is 4.49. The van der Waals surface area contributed by atoms with Crippen LogP contribution in [0.5, 0.6) is 0 Å². The summed E-state index contributed by atoms with van der Waals surface area (Å²) in [6.45, 7) is 5.70. The van der Waals surface area contributed by atoms with Crippen molar-refractivity contribution in [2.75, 3.05) is 19.8 Å². The van der Waals surface area contributed by atoms with Crippen LogP contribution in [0, 0.1) is 11.8 Å². The standard InChI is InChI=1S/C12H23NO3/c1-9(2)8-15-6-7-16-12(14)10-4-3-5-11(10)13/h9-11H,3-8,13H2,1-2H3. The van der Waals surface area contributed by atoms with E-state index < -0.39 is 0 Å². The van der Waals surface area contributed by atoms with Crippen molar-refractivity contribution in [2.45, 2.75) is 39.2 Å². The molecule has 2 atom stereocenters. The highest BCUT2D eigenvalue weighted by atomic mass is 16.6. The molecule has 0 aromatic heterocycles. The van der Waals surface area contributed by atoms with Crippen LogP contribution in [0.1, 0.15) is 33.1 Å². The molecule has 0 spiro atoms. The van der Waals surface area contributed by atoms with Crippen molar-refractivity contribution in [3.63, 3.8) is 0 Å². The van der Waals surface area contributed by atoms with Gasteiger partial charge in [-0.1, -0.05) is 20.3 Å². The van der Waals surface area contributed by atoms with Gasteiger partial charge in [-0.2, -0.15) is 0 Å². The largest absolute Gasteiger partial charge is 0.463 e. The summed E-state index contributed by atoms with van der Waals surface area (Å²) >= 11 is 0. The van der Waals surface area contributed by atoms with Crippen LogP contribution in [-0.2, 0) is 14.3 Å². The van der Waals surface area contributed by atoms with Crippen LogP contribution in [0.3, 0.4) is 0 Å². The SMILES string of the molecule is CC(C)COCCOC(=O)C1CCCC1N. The normalized spacial score (nSPS) is 25.0. The van der Waals surface area contributed by atoms with Crippen LogP contribution in [0.4, 0.5) is 0 Å². The van der Waals surface area contributed by atoms with Crippen LogP contribution in [-0.4, -0.2) is 31.8 Å². The van der Waals surface area contributed by atoms with Crippen molar-refractivity contribution >= 4 is 5.97 Å². The minimum absolute atomic E-state index is 0.0101. The van der Waals surface area contributed by atoms with Crippen LogP contribution in [0.15, 0.2) is 0 Å². The maximum absolute atomic E-state index is 11.6. The summed E-state index contributed by atoms with van der Waals surface area (Å²) in [5.41, 5.74) is 5.82. The predicted octanol–water partition coefficient (Wildman–Crippen LogP) is 1.33. The molecule has 0 aromatic rings. The van der Waals surface area contributed by atoms with Crippen LogP contribution < -0.4 is 5.73 Å². The van der Waals surface area contributed by atoms with E-state index in [1.54, 1.807) is 0 Å². The Labute approximate surface area is 97.5 Å². The molecule has 94 valence electrons. The van der Waals surface area contributed by atoms with Crippen LogP contribution in [0.2, 0.25) is 0 Å². The summed E-state index contributed by atoms with van der Waals surface area (Å²) in [5.74, 6) is 0.266. The molecule has 0 bridgehead atoms. The Morgan fingerprint density at radius 1 is 1.38 bits per heavy atom. The fourth-order valence-corrected chi connectivity index (χ4v) is 1.91. The molecule has 1 aliphatic rings. The van der Waals surface area contributed by atoms with Gasteiger partial charge >= 0.3 is 5.97 Å². The van der Waals surface area contributed by atoms with Gasteiger partial charge in [-0.15, -0.1) is 0 Å². The fourth-order valence-electron chi connectivity index (χ4n) is 1.91. The van der Waals surface area contributed by atoms with Gasteiger partial charge in [-0.05, 0) is 18.8 Å². The number of ether oxygens (including phenoxy) is 2. The van der Waals surface area contributed by atoms with Crippen molar-refractivity contribution < 1.29 is 14.3 Å². The van der Waals surface area contributed by atoms with E-state index in [0.29, 0.717) is 25.7 Å². The summed E-state index contributed by atoms with van der Waals surface area (Å²) < 4.78 is 10.5. The zero-order chi connectivity index (χ0) is 12.0. The minimum Gasteiger partial charge on any atom is -0.463 e. The molecule has 2 unspecified atom stereocenters. The zero-order valence-electron chi connectivity index (χ0n) is 10.3. The lowest BCUT2D eigenvalue weighted by atomic mass is 10.1. The van der Waals surface area contributed by atoms with Gasteiger partial charge in [-0.3, -0.25) is 4.79 Å². The summed E-state index contributed by atoms with van der Waals surface area (Å²) in [7, 11) is 0. The van der Waals surface area contributed by atoms with Gasteiger partial charge in [0.05, 0.1) is 12.5 Å². The Bertz CT molecular complexity index is 218. The number of nitrogens with two attached hydrogens (primary N) is 1. The first-order chi connectivity index (χ1) is 7.61. The summed E-state index contributed by atoms with van der Waals surface area (Å²) in [6.07, 6.45) is 2.83. The lowest BCUT2D eigenvalue weighted by molar-refractivity contribution is -0.150. The second-order valence-electron chi connectivity index (χ2n) is 4.84. The van der Waals surface area contributed by atoms with E-state index in [2.05, 4.69) is 13.8 Å². The second kappa shape index (κ2) is 6.86. The van der Waals surface area contributed by atoms with Crippen LogP contribution >= 0.6 is 0 Å². The van der Waals surface area contributed by atoms with Crippen molar-refractivity contribution in [3.05, 3.63) is 0 Å². The quantitative estimate of drug-likeness (QED) is 0.551. The maximum atomic E-state index is 11.6. The first kappa shape index (κ1) is 13.5. The summed E-state index contributed by atoms with van der Waals surface area (Å²) in [4.78, 5) is 11.6. The van der Waals surface area contributed by atoms with Gasteiger partial charge in [0.25, 0.3) is 0 Å². The smallest absolute Gasteiger partial charge is 0.310 e. The first-order valence-electron chi connectivity index (χ1n) is 6.11. The van der Waals surface area contributed by atoms with Crippen molar-refractivity contribution in [3.8, 4) is 0 Å². The molecule has 1 rings (SSSR count). The molecular formula is C12H23NO3. The molecule has 1 saturated carbocycles. The Balaban J connectivity index is 2.06. The molecule has 1 aliphatic carbocycles. The Morgan fingerprint density at radius 3 is 2.69 bits per heavy atom. The zero-order valence-corrected chi connectivity index (χ0v) is 10.3. The number of carbonyl (C=O) groups excluding carboxylic acids is 1. The number of esters is 1. The molecule has 0 aliphatic heterocycles. The molecule has 16 heavy (non-hydrogen) atoms. The molecular weight excluding hydrogens is 206 g/mol. The molecule has 0 saturated heterocycles. The topological polar surface area (TPSA) is 61.5 Å². The van der Waals surface area contributed by atoms with Gasteiger partial charge < -0.3 is 15.2 Å². The van der Waals surface area contributed by atoms with E-state index in [0.717, 1.165) is 19.3 Å². The highest BCUT2D eigenvalue weighted by molar-refractivity contribution is 5.73. The van der Waals surface area contributed by atoms with E-state index in [9.17, 15) is 4.79 Å². The number of hydrogen-bond acceptors (Lipinski definition) is 4. The Morgan fingerprint density at radius 2 is 2.12 bits per heavy atom. The molecule has 1 fully saturated rings. The average molecular weight is 229 g/mol. The Kier molecular flexibility index (Phi) is 5.77. The fraction of sp³-hybridized carbons (Fsp3) is 0.917. The molecule has 0 radical (unpaired) electrons. The van der Waals surface area contributed by atoms with Gasteiger partial charge in [0.15, 0.2) is 0 Å². The third-order valence-corrected chi connectivity index (χ3v) is 2.80. The molecule has 0 amide bonds. The maximum Gasteiger partial charge on any atom is 0.310 e. The first-order valence-corrected chi connectivity index (χ1v) is 6.11. The van der Waals surface area contributed by atoms with Crippen molar-refractivity contribution in [1.82, 2.24) is 0 Å². The molecule has 0 heterocycles. The highest BCUT2D eigenvalue weighted by Gasteiger charge is 2.31. The number of rotatable bonds is 6. The molecule has 4 nitrogen and oxygen atoms in total. The molecule has 4 heteroatoms. The van der Waals surface area contributed by atoms with Gasteiger partial charge in [0.1, 0.15) is 6.61 Å². The Hall–Kier alpha value is -0.610. The highest BCUT2D eigenvalue weighted by Crippen LogP contribution is 2.24. The summed E-state index contributed by atoms with van der Waals surface area (Å²) in [6, 6.07) is -0.0101. The van der Waals surface area contributed by atoms with Crippen molar-refractivity contribution in [1.29, 1.82) is 0 Å². The minimum atomic E-state index is -0.154. The monoisotopic (exact) mass is 229 g/mol. The lowest BCUT2D eigenvalue weighted by Crippen LogP contribution is -2.32. The van der Waals surface area contributed by atoms with Gasteiger partial charge in [-0.25, -0.2) is 0 Å². The average Bonchev–Trinajstić information content (AvgIpc) is 2.63. The van der Waals surface area contributed by atoms with E-state index in [1.165, 1.54) is 0 Å². The second-order valence-corrected chi connectivity index (χ2v) is 4.84. The van der Waals surface area contributed by atoms with Crippen molar-refractivity contribution in [2.24, 2.45) is 17.6 Å². The number of carbonyl (C=O) groups is 1. The van der Waals surface area contributed by atoms with E-state index in [1.807, 2.05) is 0 Å². The molecule has 0 aromatic carbocycles. The molecule has 2 N–H and O–H groups in total. The summed E-state index contributed by atoms with van der Waals surface area (Å²) in [5, 5.41) is 0. The van der Waals surface area contributed by atoms with E-state index in [-0.39, 0.29) is 17.9 Å². The predicted molar refractivity (Wildman–Crippen MR) is 61.9 cm³/mol. The van der Waals surface area contributed by atoms with E-state index >= 15 is 0 Å². The van der Waals surface area contributed by atoms with E-state index in [4.69, 9.17) is 15.2 Å². The third-order valence-electron chi connectivity index (χ3n) is 2.80. The van der Waals surface area contributed by atoms with Crippen LogP contribution in [0.25, 0.3) is 0 Å². The van der Waals surface area contributed by atoms with Gasteiger partial charge in [0, 0.05) is 12.6 Å². The lowest BCUT2D eigenvalue weighted by Gasteiger charge is -2.14.